The van der Waals surface area contributed by atoms with Gasteiger partial charge in [-0.2, -0.15) is 5.10 Å². The lowest BCUT2D eigenvalue weighted by Gasteiger charge is -2.23. The Hall–Kier alpha value is -2.37. The number of hydrogen-bond acceptors (Lipinski definition) is 4. The van der Waals surface area contributed by atoms with Crippen molar-refractivity contribution in [2.45, 2.75) is 51.5 Å². The highest BCUT2D eigenvalue weighted by Crippen LogP contribution is 2.25. The van der Waals surface area contributed by atoms with Gasteiger partial charge in [0.1, 0.15) is 5.82 Å². The molecule has 4 rings (SSSR count). The second-order valence-electron chi connectivity index (χ2n) is 7.42. The summed E-state index contributed by atoms with van der Waals surface area (Å²) in [7, 11) is 2.00. The molecule has 2 aliphatic rings. The van der Waals surface area contributed by atoms with Crippen LogP contribution in [0.2, 0.25) is 0 Å². The molecule has 1 aliphatic carbocycles. The summed E-state index contributed by atoms with van der Waals surface area (Å²) in [6.07, 6.45) is 9.88. The van der Waals surface area contributed by atoms with Crippen LogP contribution in [0.5, 0.6) is 0 Å². The third-order valence-electron chi connectivity index (χ3n) is 5.55. The van der Waals surface area contributed by atoms with E-state index in [0.29, 0.717) is 12.1 Å². The molecule has 2 aromatic heterocycles. The maximum Gasteiger partial charge on any atom is 0.257 e. The third kappa shape index (κ3) is 3.32. The van der Waals surface area contributed by atoms with Crippen molar-refractivity contribution >= 4 is 11.7 Å². The van der Waals surface area contributed by atoms with Gasteiger partial charge in [0.15, 0.2) is 0 Å². The third-order valence-corrected chi connectivity index (χ3v) is 5.55. The van der Waals surface area contributed by atoms with Gasteiger partial charge in [0.25, 0.3) is 5.91 Å². The van der Waals surface area contributed by atoms with E-state index in [1.165, 1.54) is 30.5 Å². The van der Waals surface area contributed by atoms with Gasteiger partial charge in [0.2, 0.25) is 0 Å². The van der Waals surface area contributed by atoms with Gasteiger partial charge in [-0.25, -0.2) is 4.98 Å². The summed E-state index contributed by atoms with van der Waals surface area (Å²) >= 11 is 0. The molecule has 6 nitrogen and oxygen atoms in total. The van der Waals surface area contributed by atoms with Gasteiger partial charge in [0.05, 0.1) is 17.8 Å². The van der Waals surface area contributed by atoms with E-state index in [-0.39, 0.29) is 5.91 Å². The molecule has 0 bridgehead atoms. The number of carbonyl (C=O) groups excluding carboxylic acids is 1. The fourth-order valence-corrected chi connectivity index (χ4v) is 4.12. The lowest BCUT2D eigenvalue weighted by atomic mass is 10.1. The molecular formula is C20H27N5O. The van der Waals surface area contributed by atoms with Gasteiger partial charge >= 0.3 is 0 Å². The largest absolute Gasteiger partial charge is 0.353 e. The number of pyridine rings is 1. The Bertz CT molecular complexity index is 778. The topological polar surface area (TPSA) is 65.1 Å². The number of hydrogen-bond donors (Lipinski definition) is 1. The van der Waals surface area contributed by atoms with Crippen LogP contribution in [-0.2, 0) is 19.4 Å². The van der Waals surface area contributed by atoms with Crippen LogP contribution in [-0.4, -0.2) is 46.1 Å². The van der Waals surface area contributed by atoms with Gasteiger partial charge in [-0.05, 0) is 56.2 Å². The molecule has 1 aliphatic heterocycles. The molecular weight excluding hydrogens is 326 g/mol. The SMILES string of the molecule is CN(Cc1n[nH]c2c1CCCCC2)c1ncccc1C(=O)N1CCCC1. The Morgan fingerprint density at radius 2 is 2.00 bits per heavy atom. The maximum atomic E-state index is 12.9. The van der Waals surface area contributed by atoms with E-state index >= 15 is 0 Å². The molecule has 138 valence electrons. The van der Waals surface area contributed by atoms with E-state index in [2.05, 4.69) is 20.1 Å². The Kier molecular flexibility index (Phi) is 4.91. The number of nitrogens with zero attached hydrogens (tertiary/aromatic N) is 4. The van der Waals surface area contributed by atoms with E-state index in [9.17, 15) is 4.79 Å². The number of aromatic nitrogens is 3. The van der Waals surface area contributed by atoms with Crippen molar-refractivity contribution in [3.8, 4) is 0 Å². The molecule has 0 radical (unpaired) electrons. The summed E-state index contributed by atoms with van der Waals surface area (Å²) in [6, 6.07) is 3.74. The average Bonchev–Trinajstić information content (AvgIpc) is 3.27. The van der Waals surface area contributed by atoms with Crippen LogP contribution < -0.4 is 4.90 Å². The number of rotatable bonds is 4. The fourth-order valence-electron chi connectivity index (χ4n) is 4.12. The van der Waals surface area contributed by atoms with E-state index in [1.54, 1.807) is 6.20 Å². The molecule has 26 heavy (non-hydrogen) atoms. The lowest BCUT2D eigenvalue weighted by Crippen LogP contribution is -2.30. The zero-order valence-electron chi connectivity index (χ0n) is 15.5. The summed E-state index contributed by atoms with van der Waals surface area (Å²) in [5.74, 6) is 0.841. The van der Waals surface area contributed by atoms with Crippen LogP contribution in [0.3, 0.4) is 0 Å². The highest BCUT2D eigenvalue weighted by Gasteiger charge is 2.24. The van der Waals surface area contributed by atoms with Crippen molar-refractivity contribution in [2.75, 3.05) is 25.0 Å². The second kappa shape index (κ2) is 7.48. The number of aryl methyl sites for hydroxylation is 1. The zero-order chi connectivity index (χ0) is 17.9. The molecule has 1 fully saturated rings. The van der Waals surface area contributed by atoms with Crippen molar-refractivity contribution in [3.63, 3.8) is 0 Å². The first-order chi connectivity index (χ1) is 12.7. The summed E-state index contributed by atoms with van der Waals surface area (Å²) in [6.45, 7) is 2.37. The first-order valence-electron chi connectivity index (χ1n) is 9.74. The molecule has 0 unspecified atom stereocenters. The van der Waals surface area contributed by atoms with Crippen LogP contribution in [0, 0.1) is 0 Å². The number of anilines is 1. The van der Waals surface area contributed by atoms with Gasteiger partial charge in [0, 0.05) is 32.0 Å². The Balaban J connectivity index is 1.56. The van der Waals surface area contributed by atoms with Crippen LogP contribution in [0.1, 0.15) is 59.4 Å². The Labute approximate surface area is 154 Å². The summed E-state index contributed by atoms with van der Waals surface area (Å²) < 4.78 is 0. The van der Waals surface area contributed by atoms with Crippen LogP contribution in [0.15, 0.2) is 18.3 Å². The maximum absolute atomic E-state index is 12.9. The first kappa shape index (κ1) is 17.1. The van der Waals surface area contributed by atoms with Crippen molar-refractivity contribution < 1.29 is 4.79 Å². The van der Waals surface area contributed by atoms with Gasteiger partial charge in [-0.1, -0.05) is 6.42 Å². The molecule has 1 amide bonds. The predicted octanol–water partition coefficient (Wildman–Crippen LogP) is 2.95. The first-order valence-corrected chi connectivity index (χ1v) is 9.74. The Morgan fingerprint density at radius 3 is 2.85 bits per heavy atom. The van der Waals surface area contributed by atoms with Crippen LogP contribution >= 0.6 is 0 Å². The summed E-state index contributed by atoms with van der Waals surface area (Å²) in [4.78, 5) is 21.4. The van der Waals surface area contributed by atoms with Crippen molar-refractivity contribution in [1.29, 1.82) is 0 Å². The number of H-pyrrole nitrogens is 1. The number of aromatic amines is 1. The molecule has 3 heterocycles. The van der Waals surface area contributed by atoms with Gasteiger partial charge < -0.3 is 9.80 Å². The number of nitrogens with one attached hydrogen (secondary N) is 1. The summed E-state index contributed by atoms with van der Waals surface area (Å²) in [5.41, 5.74) is 4.45. The molecule has 2 aromatic rings. The molecule has 0 spiro atoms. The standard InChI is InChI=1S/C20H27N5O/c1-24(14-18-15-8-3-2-4-10-17(15)22-23-18)19-16(9-7-11-21-19)20(26)25-12-5-6-13-25/h7,9,11H,2-6,8,10,12-14H2,1H3,(H,22,23). The zero-order valence-corrected chi connectivity index (χ0v) is 15.5. The highest BCUT2D eigenvalue weighted by atomic mass is 16.2. The van der Waals surface area contributed by atoms with E-state index in [1.807, 2.05) is 24.1 Å². The normalized spacial score (nSPS) is 17.0. The molecule has 0 atom stereocenters. The van der Waals surface area contributed by atoms with Crippen LogP contribution in [0.4, 0.5) is 5.82 Å². The second-order valence-corrected chi connectivity index (χ2v) is 7.42. The molecule has 1 saturated heterocycles. The quantitative estimate of drug-likeness (QED) is 0.859. The van der Waals surface area contributed by atoms with E-state index < -0.39 is 0 Å². The lowest BCUT2D eigenvalue weighted by molar-refractivity contribution is 0.0793. The minimum atomic E-state index is 0.0957. The monoisotopic (exact) mass is 353 g/mol. The molecule has 1 N–H and O–H groups in total. The Morgan fingerprint density at radius 1 is 1.19 bits per heavy atom. The number of likely N-dealkylation sites (tertiary alicyclic amines) is 1. The minimum absolute atomic E-state index is 0.0957. The number of amides is 1. The number of carbonyl (C=O) groups is 1. The molecule has 0 aromatic carbocycles. The van der Waals surface area contributed by atoms with Crippen LogP contribution in [0.25, 0.3) is 0 Å². The van der Waals surface area contributed by atoms with Gasteiger partial charge in [-0.15, -0.1) is 0 Å². The molecule has 6 heteroatoms. The summed E-state index contributed by atoms with van der Waals surface area (Å²) in [5, 5.41) is 7.80. The highest BCUT2D eigenvalue weighted by molar-refractivity contribution is 5.99. The predicted molar refractivity (Wildman–Crippen MR) is 101 cm³/mol. The average molecular weight is 353 g/mol. The van der Waals surface area contributed by atoms with E-state index in [4.69, 9.17) is 0 Å². The van der Waals surface area contributed by atoms with Crippen molar-refractivity contribution in [1.82, 2.24) is 20.1 Å². The molecule has 0 saturated carbocycles. The van der Waals surface area contributed by atoms with Crippen molar-refractivity contribution in [2.24, 2.45) is 0 Å². The van der Waals surface area contributed by atoms with E-state index in [0.717, 1.165) is 50.3 Å². The number of fused-ring (bicyclic) bond motifs is 1. The van der Waals surface area contributed by atoms with Crippen molar-refractivity contribution in [3.05, 3.63) is 40.8 Å². The fraction of sp³-hybridized carbons (Fsp3) is 0.550. The smallest absolute Gasteiger partial charge is 0.257 e. The minimum Gasteiger partial charge on any atom is -0.353 e. The van der Waals surface area contributed by atoms with Gasteiger partial charge in [-0.3, -0.25) is 9.89 Å².